The Kier molecular flexibility index (Phi) is 4.93. The van der Waals surface area contributed by atoms with E-state index in [9.17, 15) is 14.0 Å². The minimum Gasteiger partial charge on any atom is -0.494 e. The van der Waals surface area contributed by atoms with E-state index in [1.165, 1.54) is 19.4 Å². The number of benzene rings is 1. The Labute approximate surface area is 187 Å². The van der Waals surface area contributed by atoms with Crippen molar-refractivity contribution in [1.82, 2.24) is 20.3 Å². The van der Waals surface area contributed by atoms with Crippen LogP contribution in [0.5, 0.6) is 5.75 Å². The van der Waals surface area contributed by atoms with E-state index < -0.39 is 18.7 Å². The van der Waals surface area contributed by atoms with Crippen LogP contribution in [0, 0.1) is 11.7 Å². The lowest BCUT2D eigenvalue weighted by atomic mass is 10.1. The molecule has 0 unspecified atom stereocenters. The van der Waals surface area contributed by atoms with Gasteiger partial charge in [-0.05, 0) is 25.0 Å². The molecule has 1 aliphatic carbocycles. The van der Waals surface area contributed by atoms with Crippen LogP contribution in [0.2, 0.25) is 0 Å². The first kappa shape index (κ1) is 17.6. The minimum atomic E-state index is -2.72. The van der Waals surface area contributed by atoms with Crippen LogP contribution in [0.25, 0.3) is 11.4 Å². The van der Waals surface area contributed by atoms with Crippen molar-refractivity contribution in [2.45, 2.75) is 12.8 Å². The summed E-state index contributed by atoms with van der Waals surface area (Å²) in [5, 5.41) is 7.67. The number of pyridine rings is 1. The number of nitrogens with zero attached hydrogens (tertiary/aromatic N) is 3. The second kappa shape index (κ2) is 8.96. The summed E-state index contributed by atoms with van der Waals surface area (Å²) < 4.78 is 40.8. The number of methoxy groups -OCH3 is 1. The third kappa shape index (κ3) is 4.48. The maximum absolute atomic E-state index is 13.3. The number of carbonyl (C=O) groups is 2. The van der Waals surface area contributed by atoms with E-state index in [1.807, 2.05) is 5.32 Å². The summed E-state index contributed by atoms with van der Waals surface area (Å²) in [6.07, 6.45) is 4.82. The molecule has 3 N–H and O–H groups in total. The molecule has 0 saturated heterocycles. The second-order valence-electron chi connectivity index (χ2n) is 7.07. The molecule has 1 saturated carbocycles. The van der Waals surface area contributed by atoms with Crippen molar-refractivity contribution in [2.75, 3.05) is 24.7 Å². The number of carbonyl (C=O) groups excluding carboxylic acids is 2. The fraction of sp³-hybridized carbons (Fsp3) is 0.227. The molecule has 10 heteroatoms. The average Bonchev–Trinajstić information content (AvgIpc) is 3.64. The van der Waals surface area contributed by atoms with E-state index in [4.69, 9.17) is 8.85 Å². The van der Waals surface area contributed by atoms with Crippen LogP contribution < -0.4 is 20.7 Å². The van der Waals surface area contributed by atoms with Crippen molar-refractivity contribution >= 4 is 29.0 Å². The number of rotatable bonds is 7. The van der Waals surface area contributed by atoms with Crippen molar-refractivity contribution in [3.8, 4) is 17.1 Å². The molecule has 164 valence electrons. The van der Waals surface area contributed by atoms with Gasteiger partial charge < -0.3 is 20.7 Å². The molecule has 9 nitrogen and oxygen atoms in total. The number of aromatic nitrogens is 3. The van der Waals surface area contributed by atoms with Gasteiger partial charge in [-0.25, -0.2) is 19.3 Å². The summed E-state index contributed by atoms with van der Waals surface area (Å²) >= 11 is 0. The Hall–Kier alpha value is -4.08. The highest BCUT2D eigenvalue weighted by Gasteiger charge is 2.30. The van der Waals surface area contributed by atoms with Gasteiger partial charge >= 0.3 is 0 Å². The monoisotopic (exact) mass is 439 g/mol. The minimum absolute atomic E-state index is 0.0702. The van der Waals surface area contributed by atoms with Crippen LogP contribution in [0.15, 0.2) is 42.9 Å². The van der Waals surface area contributed by atoms with Crippen molar-refractivity contribution in [3.05, 3.63) is 54.2 Å². The molecule has 0 spiro atoms. The van der Waals surface area contributed by atoms with E-state index in [0.717, 1.165) is 25.2 Å². The van der Waals surface area contributed by atoms with Gasteiger partial charge in [0.15, 0.2) is 17.4 Å². The SMILES string of the molecule is [2H]C([2H])([2H])NC(=O)c1cnc(NC(=O)C2CC2)cc1Nc1cccc(-c2ncc(F)cn2)c1OC. The van der Waals surface area contributed by atoms with Gasteiger partial charge in [-0.2, -0.15) is 0 Å². The van der Waals surface area contributed by atoms with Crippen LogP contribution in [-0.4, -0.2) is 40.9 Å². The highest BCUT2D eigenvalue weighted by Crippen LogP contribution is 2.37. The molecule has 0 bridgehead atoms. The topological polar surface area (TPSA) is 118 Å². The van der Waals surface area contributed by atoms with Gasteiger partial charge in [-0.15, -0.1) is 0 Å². The molecule has 2 amide bonds. The van der Waals surface area contributed by atoms with Gasteiger partial charge in [0.2, 0.25) is 5.91 Å². The van der Waals surface area contributed by atoms with E-state index >= 15 is 0 Å². The molecular formula is C22H21FN6O3. The highest BCUT2D eigenvalue weighted by molar-refractivity contribution is 6.01. The van der Waals surface area contributed by atoms with Crippen LogP contribution in [-0.2, 0) is 4.79 Å². The fourth-order valence-electron chi connectivity index (χ4n) is 3.08. The molecule has 0 atom stereocenters. The third-order valence-electron chi connectivity index (χ3n) is 4.81. The zero-order valence-electron chi connectivity index (χ0n) is 20.0. The zero-order chi connectivity index (χ0) is 25.2. The number of amides is 2. The smallest absolute Gasteiger partial charge is 0.254 e. The summed E-state index contributed by atoms with van der Waals surface area (Å²) in [5.74, 6) is -1.05. The standard InChI is InChI=1S/C22H21FN6O3/c1-24-22(31)15-11-25-18(29-21(30)12-6-7-12)8-17(15)28-16-5-3-4-14(19(16)32-2)20-26-9-13(23)10-27-20/h3-5,8-12H,6-7H2,1-2H3,(H,24,31)(H2,25,28,29,30)/i1D3. The summed E-state index contributed by atoms with van der Waals surface area (Å²) in [7, 11) is 1.42. The first-order valence-corrected chi connectivity index (χ1v) is 9.70. The largest absolute Gasteiger partial charge is 0.494 e. The normalized spacial score (nSPS) is 14.5. The fourth-order valence-corrected chi connectivity index (χ4v) is 3.08. The number of para-hydroxylation sites is 1. The van der Waals surface area contributed by atoms with Crippen LogP contribution in [0.3, 0.4) is 0 Å². The van der Waals surface area contributed by atoms with Crippen molar-refractivity contribution in [1.29, 1.82) is 0 Å². The summed E-state index contributed by atoms with van der Waals surface area (Å²) in [6, 6.07) is 6.43. The molecule has 2 heterocycles. The molecular weight excluding hydrogens is 415 g/mol. The molecule has 1 fully saturated rings. The molecule has 32 heavy (non-hydrogen) atoms. The van der Waals surface area contributed by atoms with E-state index in [-0.39, 0.29) is 34.7 Å². The summed E-state index contributed by atoms with van der Waals surface area (Å²) in [4.78, 5) is 36.9. The van der Waals surface area contributed by atoms with Crippen LogP contribution >= 0.6 is 0 Å². The van der Waals surface area contributed by atoms with E-state index in [1.54, 1.807) is 18.2 Å². The maximum atomic E-state index is 13.3. The van der Waals surface area contributed by atoms with Crippen molar-refractivity contribution in [3.63, 3.8) is 0 Å². The second-order valence-corrected chi connectivity index (χ2v) is 7.07. The molecule has 0 radical (unpaired) electrons. The number of ether oxygens (including phenoxy) is 1. The Morgan fingerprint density at radius 2 is 1.94 bits per heavy atom. The zero-order valence-corrected chi connectivity index (χ0v) is 17.0. The van der Waals surface area contributed by atoms with Crippen molar-refractivity contribution in [2.24, 2.45) is 5.92 Å². The Bertz CT molecular complexity index is 1270. The van der Waals surface area contributed by atoms with Crippen molar-refractivity contribution < 1.29 is 22.8 Å². The highest BCUT2D eigenvalue weighted by atomic mass is 19.1. The first-order chi connectivity index (χ1) is 16.6. The molecule has 0 aliphatic heterocycles. The molecule has 1 aliphatic rings. The predicted molar refractivity (Wildman–Crippen MR) is 116 cm³/mol. The Morgan fingerprint density at radius 1 is 1.16 bits per heavy atom. The lowest BCUT2D eigenvalue weighted by molar-refractivity contribution is -0.117. The number of nitrogens with one attached hydrogen (secondary N) is 3. The third-order valence-corrected chi connectivity index (χ3v) is 4.81. The lowest BCUT2D eigenvalue weighted by Crippen LogP contribution is -2.20. The van der Waals surface area contributed by atoms with Gasteiger partial charge in [0.25, 0.3) is 5.91 Å². The van der Waals surface area contributed by atoms with Crippen LogP contribution in [0.4, 0.5) is 21.6 Å². The quantitative estimate of drug-likeness (QED) is 0.518. The molecule has 4 rings (SSSR count). The van der Waals surface area contributed by atoms with E-state index in [2.05, 4.69) is 25.6 Å². The van der Waals surface area contributed by atoms with Gasteiger partial charge in [-0.1, -0.05) is 6.07 Å². The summed E-state index contributed by atoms with van der Waals surface area (Å²) in [5.41, 5.74) is 0.924. The van der Waals surface area contributed by atoms with E-state index in [0.29, 0.717) is 17.0 Å². The summed E-state index contributed by atoms with van der Waals surface area (Å²) in [6.45, 7) is -2.72. The first-order valence-electron chi connectivity index (χ1n) is 11.2. The Balaban J connectivity index is 1.72. The molecule has 1 aromatic carbocycles. The maximum Gasteiger partial charge on any atom is 0.254 e. The van der Waals surface area contributed by atoms with Gasteiger partial charge in [0, 0.05) is 29.3 Å². The van der Waals surface area contributed by atoms with Gasteiger partial charge in [0.1, 0.15) is 5.82 Å². The number of halogens is 1. The Morgan fingerprint density at radius 3 is 2.62 bits per heavy atom. The molecule has 2 aromatic heterocycles. The van der Waals surface area contributed by atoms with Gasteiger partial charge in [-0.3, -0.25) is 9.59 Å². The average molecular weight is 439 g/mol. The number of anilines is 3. The predicted octanol–water partition coefficient (Wildman–Crippen LogP) is 3.14. The lowest BCUT2D eigenvalue weighted by Gasteiger charge is -2.17. The number of hydrogen-bond donors (Lipinski definition) is 3. The number of hydrogen-bond acceptors (Lipinski definition) is 7. The molecule has 3 aromatic rings. The van der Waals surface area contributed by atoms with Crippen LogP contribution in [0.1, 0.15) is 27.3 Å². The van der Waals surface area contributed by atoms with Gasteiger partial charge in [0.05, 0.1) is 42.0 Å².